The minimum atomic E-state index is -0.742. The van der Waals surface area contributed by atoms with Crippen molar-refractivity contribution in [3.8, 4) is 11.5 Å². The lowest BCUT2D eigenvalue weighted by Crippen LogP contribution is -2.43. The van der Waals surface area contributed by atoms with E-state index in [1.807, 2.05) is 23.1 Å². The summed E-state index contributed by atoms with van der Waals surface area (Å²) in [7, 11) is 0. The van der Waals surface area contributed by atoms with Gasteiger partial charge in [0.25, 0.3) is 0 Å². The number of hydrogen-bond donors (Lipinski definition) is 2. The maximum Gasteiger partial charge on any atom is 0.320 e. The number of aliphatic carboxylic acids is 1. The Hall–Kier alpha value is -1.40. The van der Waals surface area contributed by atoms with E-state index in [1.54, 1.807) is 0 Å². The van der Waals surface area contributed by atoms with Crippen LogP contribution in [0.5, 0.6) is 11.5 Å². The third-order valence-corrected chi connectivity index (χ3v) is 4.36. The molecule has 1 aromatic carbocycles. The predicted molar refractivity (Wildman–Crippen MR) is 97.2 cm³/mol. The van der Waals surface area contributed by atoms with Gasteiger partial charge in [-0.3, -0.25) is 9.69 Å². The molecule has 0 aliphatic carbocycles. The lowest BCUT2D eigenvalue weighted by atomic mass is 10.0. The fourth-order valence-corrected chi connectivity index (χ4v) is 3.24. The van der Waals surface area contributed by atoms with Crippen molar-refractivity contribution >= 4 is 18.6 Å². The first kappa shape index (κ1) is 18.9. The van der Waals surface area contributed by atoms with E-state index in [1.165, 1.54) is 5.56 Å². The molecule has 0 bridgehead atoms. The zero-order valence-electron chi connectivity index (χ0n) is 14.4. The van der Waals surface area contributed by atoms with Gasteiger partial charge in [-0.1, -0.05) is 19.9 Å². The second-order valence-electron chi connectivity index (χ2n) is 6.53. The first-order valence-electron chi connectivity index (χ1n) is 8.47. The number of carbonyl (C=O) groups is 1. The minimum absolute atomic E-state index is 0.282. The van der Waals surface area contributed by atoms with Gasteiger partial charge in [0.15, 0.2) is 11.5 Å². The Morgan fingerprint density at radius 1 is 1.29 bits per heavy atom. The highest BCUT2D eigenvalue weighted by atomic mass is 32.1. The Labute approximate surface area is 149 Å². The lowest BCUT2D eigenvalue weighted by Gasteiger charge is -2.29. The largest absolute Gasteiger partial charge is 0.480 e. The van der Waals surface area contributed by atoms with Crippen LogP contribution in [0.25, 0.3) is 0 Å². The van der Waals surface area contributed by atoms with E-state index in [4.69, 9.17) is 9.47 Å². The topological polar surface area (TPSA) is 59.0 Å². The maximum atomic E-state index is 11.6. The van der Waals surface area contributed by atoms with Crippen LogP contribution in [-0.4, -0.2) is 47.7 Å². The maximum absolute atomic E-state index is 11.6. The zero-order valence-corrected chi connectivity index (χ0v) is 15.3. The van der Waals surface area contributed by atoms with E-state index in [2.05, 4.69) is 26.5 Å². The van der Waals surface area contributed by atoms with Crippen molar-refractivity contribution < 1.29 is 19.4 Å². The third-order valence-electron chi connectivity index (χ3n) is 4.16. The van der Waals surface area contributed by atoms with Gasteiger partial charge in [-0.05, 0) is 49.4 Å². The monoisotopic (exact) mass is 353 g/mol. The molecule has 1 N–H and O–H groups in total. The highest BCUT2D eigenvalue weighted by Gasteiger charge is 2.25. The van der Waals surface area contributed by atoms with E-state index >= 15 is 0 Å². The Balaban J connectivity index is 1.91. The average Bonchev–Trinajstić information content (AvgIpc) is 2.99. The number of carboxylic acid groups (broad SMARTS) is 1. The zero-order chi connectivity index (χ0) is 17.5. The average molecular weight is 353 g/mol. The van der Waals surface area contributed by atoms with Gasteiger partial charge in [0.1, 0.15) is 6.04 Å². The van der Waals surface area contributed by atoms with Gasteiger partial charge in [-0.15, -0.1) is 0 Å². The second kappa shape index (κ2) is 9.18. The van der Waals surface area contributed by atoms with Crippen LogP contribution < -0.4 is 9.47 Å². The van der Waals surface area contributed by atoms with Gasteiger partial charge in [-0.2, -0.15) is 12.6 Å². The molecule has 0 fully saturated rings. The smallest absolute Gasteiger partial charge is 0.320 e. The Morgan fingerprint density at radius 2 is 2.04 bits per heavy atom. The molecule has 0 saturated carbocycles. The molecule has 0 aromatic heterocycles. The SMILES string of the molecule is CC(C)CC(C(=O)O)N(CCS)CCCc1ccc2c(c1)OCO2. The van der Waals surface area contributed by atoms with Crippen LogP contribution in [0.1, 0.15) is 32.3 Å². The van der Waals surface area contributed by atoms with Gasteiger partial charge in [0.2, 0.25) is 6.79 Å². The molecule has 2 rings (SSSR count). The van der Waals surface area contributed by atoms with Crippen LogP contribution in [-0.2, 0) is 11.2 Å². The summed E-state index contributed by atoms with van der Waals surface area (Å²) < 4.78 is 10.7. The number of nitrogens with zero attached hydrogens (tertiary/aromatic N) is 1. The number of benzene rings is 1. The molecule has 134 valence electrons. The van der Waals surface area contributed by atoms with Gasteiger partial charge in [0.05, 0.1) is 0 Å². The van der Waals surface area contributed by atoms with E-state index in [0.717, 1.165) is 30.9 Å². The first-order valence-corrected chi connectivity index (χ1v) is 9.10. The lowest BCUT2D eigenvalue weighted by molar-refractivity contribution is -0.143. The molecule has 1 atom stereocenters. The van der Waals surface area contributed by atoms with Crippen molar-refractivity contribution in [2.24, 2.45) is 5.92 Å². The Bertz CT molecular complexity index is 550. The molecular formula is C18H27NO4S. The molecule has 6 heteroatoms. The molecule has 24 heavy (non-hydrogen) atoms. The number of aryl methyl sites for hydroxylation is 1. The molecule has 1 unspecified atom stereocenters. The van der Waals surface area contributed by atoms with Crippen molar-refractivity contribution in [3.05, 3.63) is 23.8 Å². The highest BCUT2D eigenvalue weighted by molar-refractivity contribution is 7.80. The van der Waals surface area contributed by atoms with Crippen molar-refractivity contribution in [2.45, 2.75) is 39.2 Å². The number of carboxylic acids is 1. The first-order chi connectivity index (χ1) is 11.5. The summed E-state index contributed by atoms with van der Waals surface area (Å²) in [5.74, 6) is 1.85. The summed E-state index contributed by atoms with van der Waals surface area (Å²) in [4.78, 5) is 13.7. The number of hydrogen-bond acceptors (Lipinski definition) is 5. The highest BCUT2D eigenvalue weighted by Crippen LogP contribution is 2.32. The van der Waals surface area contributed by atoms with Crippen molar-refractivity contribution in [3.63, 3.8) is 0 Å². The van der Waals surface area contributed by atoms with E-state index in [-0.39, 0.29) is 6.79 Å². The summed E-state index contributed by atoms with van der Waals surface area (Å²) in [6, 6.07) is 5.55. The van der Waals surface area contributed by atoms with Crippen LogP contribution in [0.2, 0.25) is 0 Å². The molecule has 1 aliphatic rings. The van der Waals surface area contributed by atoms with Crippen molar-refractivity contribution in [1.29, 1.82) is 0 Å². The predicted octanol–water partition coefficient (Wildman–Crippen LogP) is 3.08. The normalized spacial score (nSPS) is 14.4. The molecule has 1 aromatic rings. The third kappa shape index (κ3) is 5.31. The summed E-state index contributed by atoms with van der Waals surface area (Å²) in [6.07, 6.45) is 2.44. The molecule has 1 aliphatic heterocycles. The van der Waals surface area contributed by atoms with Gasteiger partial charge in [-0.25, -0.2) is 0 Å². The van der Waals surface area contributed by atoms with Crippen LogP contribution >= 0.6 is 12.6 Å². The summed E-state index contributed by atoms with van der Waals surface area (Å²) in [5, 5.41) is 9.54. The molecule has 0 radical (unpaired) electrons. The second-order valence-corrected chi connectivity index (χ2v) is 6.98. The van der Waals surface area contributed by atoms with Gasteiger partial charge >= 0.3 is 5.97 Å². The van der Waals surface area contributed by atoms with Crippen molar-refractivity contribution in [1.82, 2.24) is 4.90 Å². The summed E-state index contributed by atoms with van der Waals surface area (Å²) in [6.45, 7) is 5.83. The Kier molecular flexibility index (Phi) is 7.24. The Morgan fingerprint density at radius 3 is 2.71 bits per heavy atom. The van der Waals surface area contributed by atoms with Gasteiger partial charge < -0.3 is 14.6 Å². The van der Waals surface area contributed by atoms with Crippen LogP contribution in [0, 0.1) is 5.92 Å². The molecule has 0 saturated heterocycles. The molecule has 1 heterocycles. The van der Waals surface area contributed by atoms with Crippen LogP contribution in [0.3, 0.4) is 0 Å². The summed E-state index contributed by atoms with van der Waals surface area (Å²) >= 11 is 4.28. The fraction of sp³-hybridized carbons (Fsp3) is 0.611. The number of thiol groups is 1. The minimum Gasteiger partial charge on any atom is -0.480 e. The fourth-order valence-electron chi connectivity index (χ4n) is 2.99. The standard InChI is InChI=1S/C18H27NO4S/c1-13(2)10-15(18(20)21)19(8-9-24)7-3-4-14-5-6-16-17(11-14)23-12-22-16/h5-6,11,13,15,24H,3-4,7-10,12H2,1-2H3,(H,20,21). The quantitative estimate of drug-likeness (QED) is 0.633. The number of ether oxygens (including phenoxy) is 2. The molecule has 0 amide bonds. The van der Waals surface area contributed by atoms with E-state index in [0.29, 0.717) is 24.6 Å². The van der Waals surface area contributed by atoms with E-state index < -0.39 is 12.0 Å². The van der Waals surface area contributed by atoms with Crippen LogP contribution in [0.4, 0.5) is 0 Å². The summed E-state index contributed by atoms with van der Waals surface area (Å²) in [5.41, 5.74) is 1.18. The molecular weight excluding hydrogens is 326 g/mol. The molecule has 0 spiro atoms. The van der Waals surface area contributed by atoms with Crippen molar-refractivity contribution in [2.75, 3.05) is 25.6 Å². The van der Waals surface area contributed by atoms with Crippen LogP contribution in [0.15, 0.2) is 18.2 Å². The number of rotatable bonds is 10. The number of fused-ring (bicyclic) bond motifs is 1. The van der Waals surface area contributed by atoms with Gasteiger partial charge in [0, 0.05) is 12.3 Å². The van der Waals surface area contributed by atoms with E-state index in [9.17, 15) is 9.90 Å². The molecule has 5 nitrogen and oxygen atoms in total.